The standard InChI is InChI=1S/C19H17FN4O2S/c1-12-22-23(19(26)16-10-17-15(24(12)16)6-8-27-17)11-18(25)21-7-5-13-3-2-4-14(20)9-13/h2-4,6,8-10H,5,7,11H2,1H3,(H,21,25). The Morgan fingerprint density at radius 3 is 2.93 bits per heavy atom. The second kappa shape index (κ2) is 6.96. The summed E-state index contributed by atoms with van der Waals surface area (Å²) in [4.78, 5) is 24.9. The van der Waals surface area contributed by atoms with E-state index in [2.05, 4.69) is 10.4 Å². The number of aryl methyl sites for hydroxylation is 1. The molecule has 0 aliphatic carbocycles. The average molecular weight is 384 g/mol. The van der Waals surface area contributed by atoms with Crippen LogP contribution in [0.4, 0.5) is 4.39 Å². The summed E-state index contributed by atoms with van der Waals surface area (Å²) in [5.41, 5.74) is 1.96. The molecule has 1 amide bonds. The number of amides is 1. The molecule has 3 heterocycles. The number of benzene rings is 1. The normalized spacial score (nSPS) is 11.3. The highest BCUT2D eigenvalue weighted by Gasteiger charge is 2.14. The van der Waals surface area contributed by atoms with Crippen molar-refractivity contribution >= 4 is 33.0 Å². The molecule has 0 saturated carbocycles. The minimum Gasteiger partial charge on any atom is -0.354 e. The van der Waals surface area contributed by atoms with E-state index >= 15 is 0 Å². The molecule has 0 atom stereocenters. The molecular weight excluding hydrogens is 367 g/mol. The SMILES string of the molecule is Cc1nn(CC(=O)NCCc2cccc(F)c2)c(=O)c2cc3sccc3n12. The molecule has 8 heteroatoms. The molecule has 0 bridgehead atoms. The number of hydrogen-bond acceptors (Lipinski definition) is 4. The number of hydrogen-bond donors (Lipinski definition) is 1. The van der Waals surface area contributed by atoms with Gasteiger partial charge in [0.2, 0.25) is 5.91 Å². The summed E-state index contributed by atoms with van der Waals surface area (Å²) in [6.45, 7) is 2.01. The van der Waals surface area contributed by atoms with Crippen LogP contribution in [0.2, 0.25) is 0 Å². The summed E-state index contributed by atoms with van der Waals surface area (Å²) in [7, 11) is 0. The van der Waals surface area contributed by atoms with Crippen molar-refractivity contribution in [2.45, 2.75) is 19.9 Å². The van der Waals surface area contributed by atoms with Gasteiger partial charge < -0.3 is 5.32 Å². The van der Waals surface area contributed by atoms with Gasteiger partial charge in [-0.15, -0.1) is 11.3 Å². The quantitative estimate of drug-likeness (QED) is 0.575. The third kappa shape index (κ3) is 3.35. The minimum absolute atomic E-state index is 0.155. The van der Waals surface area contributed by atoms with Crippen LogP contribution in [-0.4, -0.2) is 26.6 Å². The topological polar surface area (TPSA) is 68.4 Å². The Hall–Kier alpha value is -3.00. The minimum atomic E-state index is -0.307. The number of rotatable bonds is 5. The number of aromatic nitrogens is 3. The van der Waals surface area contributed by atoms with Gasteiger partial charge in [-0.25, -0.2) is 9.07 Å². The third-order valence-electron chi connectivity index (χ3n) is 4.38. The largest absolute Gasteiger partial charge is 0.354 e. The molecule has 1 aromatic carbocycles. The first-order valence-corrected chi connectivity index (χ1v) is 9.38. The van der Waals surface area contributed by atoms with Gasteiger partial charge in [-0.3, -0.25) is 14.0 Å². The first-order chi connectivity index (χ1) is 13.0. The van der Waals surface area contributed by atoms with Crippen LogP contribution in [0.25, 0.3) is 15.7 Å². The lowest BCUT2D eigenvalue weighted by Crippen LogP contribution is -2.35. The van der Waals surface area contributed by atoms with Crippen LogP contribution in [0, 0.1) is 12.7 Å². The molecule has 6 nitrogen and oxygen atoms in total. The van der Waals surface area contributed by atoms with Gasteiger partial charge in [0.1, 0.15) is 23.7 Å². The molecular formula is C19H17FN4O2S. The summed E-state index contributed by atoms with van der Waals surface area (Å²) in [6, 6.07) is 10.0. The van der Waals surface area contributed by atoms with Crippen molar-refractivity contribution in [2.75, 3.05) is 6.54 Å². The van der Waals surface area contributed by atoms with E-state index in [0.29, 0.717) is 24.3 Å². The Labute approximate surface area is 157 Å². The molecule has 0 aliphatic heterocycles. The molecule has 0 aliphatic rings. The molecule has 0 fully saturated rings. The number of thiophene rings is 1. The lowest BCUT2D eigenvalue weighted by atomic mass is 10.1. The fourth-order valence-electron chi connectivity index (χ4n) is 3.17. The van der Waals surface area contributed by atoms with Gasteiger partial charge in [-0.1, -0.05) is 12.1 Å². The van der Waals surface area contributed by atoms with E-state index < -0.39 is 0 Å². The summed E-state index contributed by atoms with van der Waals surface area (Å²) >= 11 is 1.56. The van der Waals surface area contributed by atoms with Crippen LogP contribution in [0.1, 0.15) is 11.4 Å². The predicted molar refractivity (Wildman–Crippen MR) is 103 cm³/mol. The molecule has 3 aromatic heterocycles. The summed E-state index contributed by atoms with van der Waals surface area (Å²) in [5, 5.41) is 9.00. The molecule has 0 radical (unpaired) electrons. The fraction of sp³-hybridized carbons (Fsp3) is 0.211. The number of nitrogens with one attached hydrogen (secondary N) is 1. The number of fused-ring (bicyclic) bond motifs is 3. The smallest absolute Gasteiger partial charge is 0.291 e. The van der Waals surface area contributed by atoms with Crippen molar-refractivity contribution in [1.29, 1.82) is 0 Å². The highest BCUT2D eigenvalue weighted by atomic mass is 32.1. The van der Waals surface area contributed by atoms with Crippen LogP contribution < -0.4 is 10.9 Å². The van der Waals surface area contributed by atoms with Gasteiger partial charge in [-0.2, -0.15) is 5.10 Å². The van der Waals surface area contributed by atoms with E-state index in [-0.39, 0.29) is 23.8 Å². The zero-order valence-corrected chi connectivity index (χ0v) is 15.4. The zero-order chi connectivity index (χ0) is 19.0. The molecule has 138 valence electrons. The first-order valence-electron chi connectivity index (χ1n) is 8.50. The van der Waals surface area contributed by atoms with Crippen LogP contribution in [0.5, 0.6) is 0 Å². The molecule has 0 unspecified atom stereocenters. The summed E-state index contributed by atoms with van der Waals surface area (Å²) < 4.78 is 17.2. The highest BCUT2D eigenvalue weighted by molar-refractivity contribution is 7.17. The third-order valence-corrected chi connectivity index (χ3v) is 5.24. The van der Waals surface area contributed by atoms with Crippen LogP contribution in [0.15, 0.2) is 46.6 Å². The van der Waals surface area contributed by atoms with E-state index in [1.165, 1.54) is 16.8 Å². The number of halogens is 1. The Kier molecular flexibility index (Phi) is 4.49. The van der Waals surface area contributed by atoms with Crippen molar-refractivity contribution in [2.24, 2.45) is 0 Å². The number of carbonyl (C=O) groups is 1. The predicted octanol–water partition coefficient (Wildman–Crippen LogP) is 2.52. The van der Waals surface area contributed by atoms with E-state index in [0.717, 1.165) is 15.8 Å². The van der Waals surface area contributed by atoms with Crippen LogP contribution in [-0.2, 0) is 17.8 Å². The van der Waals surface area contributed by atoms with Gasteiger partial charge in [0.15, 0.2) is 0 Å². The summed E-state index contributed by atoms with van der Waals surface area (Å²) in [5.74, 6) is 0.0362. The van der Waals surface area contributed by atoms with Gasteiger partial charge in [0.25, 0.3) is 5.56 Å². The Bertz CT molecular complexity index is 1210. The van der Waals surface area contributed by atoms with Crippen molar-refractivity contribution in [3.8, 4) is 0 Å². The maximum Gasteiger partial charge on any atom is 0.291 e. The van der Waals surface area contributed by atoms with Gasteiger partial charge in [-0.05, 0) is 48.6 Å². The van der Waals surface area contributed by atoms with Crippen molar-refractivity contribution < 1.29 is 9.18 Å². The molecule has 4 aromatic rings. The molecule has 27 heavy (non-hydrogen) atoms. The number of carbonyl (C=O) groups excluding carboxylic acids is 1. The van der Waals surface area contributed by atoms with Gasteiger partial charge >= 0.3 is 0 Å². The molecule has 4 rings (SSSR count). The van der Waals surface area contributed by atoms with E-state index in [9.17, 15) is 14.0 Å². The number of nitrogens with zero attached hydrogens (tertiary/aromatic N) is 3. The first kappa shape index (κ1) is 17.4. The fourth-order valence-corrected chi connectivity index (χ4v) is 3.97. The van der Waals surface area contributed by atoms with E-state index in [4.69, 9.17) is 0 Å². The maximum absolute atomic E-state index is 13.2. The zero-order valence-electron chi connectivity index (χ0n) is 14.6. The monoisotopic (exact) mass is 384 g/mol. The Balaban J connectivity index is 1.48. The molecule has 0 saturated heterocycles. The summed E-state index contributed by atoms with van der Waals surface area (Å²) in [6.07, 6.45) is 0.513. The molecule has 1 N–H and O–H groups in total. The van der Waals surface area contributed by atoms with Crippen LogP contribution in [0.3, 0.4) is 0 Å². The maximum atomic E-state index is 13.2. The van der Waals surface area contributed by atoms with Crippen molar-refractivity contribution in [3.63, 3.8) is 0 Å². The molecule has 0 spiro atoms. The average Bonchev–Trinajstić information content (AvgIpc) is 3.20. The van der Waals surface area contributed by atoms with Crippen molar-refractivity contribution in [3.05, 3.63) is 69.3 Å². The lowest BCUT2D eigenvalue weighted by Gasteiger charge is -2.09. The second-order valence-electron chi connectivity index (χ2n) is 6.27. The van der Waals surface area contributed by atoms with Gasteiger partial charge in [0, 0.05) is 6.54 Å². The Morgan fingerprint density at radius 1 is 1.26 bits per heavy atom. The lowest BCUT2D eigenvalue weighted by molar-refractivity contribution is -0.121. The van der Waals surface area contributed by atoms with Gasteiger partial charge in [0.05, 0.1) is 10.2 Å². The van der Waals surface area contributed by atoms with E-state index in [1.807, 2.05) is 28.8 Å². The highest BCUT2D eigenvalue weighted by Crippen LogP contribution is 2.24. The van der Waals surface area contributed by atoms with Crippen LogP contribution >= 0.6 is 11.3 Å². The van der Waals surface area contributed by atoms with E-state index in [1.54, 1.807) is 23.5 Å². The second-order valence-corrected chi connectivity index (χ2v) is 7.22. The van der Waals surface area contributed by atoms with Crippen molar-refractivity contribution in [1.82, 2.24) is 19.5 Å². The Morgan fingerprint density at radius 2 is 2.11 bits per heavy atom.